The minimum Gasteiger partial charge on any atom is -0.378 e. The standard InChI is InChI=1S/C7H15NO2/c1-2-7(9)8-4-3-5-10-6-8/h7,9H,2-6H2,1H3. The average Bonchev–Trinajstić information content (AvgIpc) is 2.05. The van der Waals surface area contributed by atoms with E-state index in [1.807, 2.05) is 11.8 Å². The van der Waals surface area contributed by atoms with E-state index in [0.717, 1.165) is 26.0 Å². The van der Waals surface area contributed by atoms with E-state index in [9.17, 15) is 5.11 Å². The van der Waals surface area contributed by atoms with Gasteiger partial charge in [0.25, 0.3) is 0 Å². The van der Waals surface area contributed by atoms with Crippen molar-refractivity contribution in [3.63, 3.8) is 0 Å². The summed E-state index contributed by atoms with van der Waals surface area (Å²) in [5.74, 6) is 0. The van der Waals surface area contributed by atoms with Crippen LogP contribution in [0.2, 0.25) is 0 Å². The van der Waals surface area contributed by atoms with Gasteiger partial charge in [0.1, 0.15) is 13.0 Å². The fourth-order valence-corrected chi connectivity index (χ4v) is 1.11. The lowest BCUT2D eigenvalue weighted by Gasteiger charge is -2.30. The van der Waals surface area contributed by atoms with E-state index in [1.54, 1.807) is 0 Å². The van der Waals surface area contributed by atoms with Crippen molar-refractivity contribution < 1.29 is 9.84 Å². The lowest BCUT2D eigenvalue weighted by Crippen LogP contribution is -2.40. The molecule has 0 amide bonds. The largest absolute Gasteiger partial charge is 0.378 e. The van der Waals surface area contributed by atoms with E-state index in [2.05, 4.69) is 0 Å². The highest BCUT2D eigenvalue weighted by Gasteiger charge is 2.15. The Bertz CT molecular complexity index is 91.6. The molecular weight excluding hydrogens is 130 g/mol. The summed E-state index contributed by atoms with van der Waals surface area (Å²) in [6, 6.07) is 0. The van der Waals surface area contributed by atoms with Crippen LogP contribution in [0.4, 0.5) is 0 Å². The van der Waals surface area contributed by atoms with Crippen LogP contribution < -0.4 is 0 Å². The Hall–Kier alpha value is -0.120. The smallest absolute Gasteiger partial charge is 0.108 e. The lowest BCUT2D eigenvalue weighted by atomic mass is 10.3. The first kappa shape index (κ1) is 7.98. The first-order valence-electron chi connectivity index (χ1n) is 3.84. The molecule has 0 aromatic heterocycles. The molecule has 1 aliphatic rings. The third-order valence-electron chi connectivity index (χ3n) is 1.78. The van der Waals surface area contributed by atoms with Gasteiger partial charge in [0.2, 0.25) is 0 Å². The summed E-state index contributed by atoms with van der Waals surface area (Å²) in [5, 5.41) is 9.33. The maximum absolute atomic E-state index is 9.33. The van der Waals surface area contributed by atoms with E-state index in [0.29, 0.717) is 6.73 Å². The summed E-state index contributed by atoms with van der Waals surface area (Å²) in [7, 11) is 0. The third-order valence-corrected chi connectivity index (χ3v) is 1.78. The Balaban J connectivity index is 2.24. The van der Waals surface area contributed by atoms with E-state index in [-0.39, 0.29) is 6.23 Å². The Morgan fingerprint density at radius 3 is 3.00 bits per heavy atom. The predicted molar refractivity (Wildman–Crippen MR) is 38.4 cm³/mol. The molecule has 60 valence electrons. The van der Waals surface area contributed by atoms with Crippen LogP contribution in [0.3, 0.4) is 0 Å². The minimum atomic E-state index is -0.305. The zero-order valence-electron chi connectivity index (χ0n) is 6.42. The molecule has 1 N–H and O–H groups in total. The number of aliphatic hydroxyl groups excluding tert-OH is 1. The third kappa shape index (κ3) is 1.94. The second-order valence-electron chi connectivity index (χ2n) is 2.59. The zero-order chi connectivity index (χ0) is 7.40. The lowest BCUT2D eigenvalue weighted by molar-refractivity contribution is -0.101. The molecule has 0 spiro atoms. The summed E-state index contributed by atoms with van der Waals surface area (Å²) < 4.78 is 5.17. The molecule has 1 atom stereocenters. The molecule has 1 heterocycles. The monoisotopic (exact) mass is 145 g/mol. The predicted octanol–water partition coefficient (Wildman–Crippen LogP) is 0.395. The fraction of sp³-hybridized carbons (Fsp3) is 1.00. The molecule has 0 aromatic carbocycles. The molecule has 0 saturated carbocycles. The quantitative estimate of drug-likeness (QED) is 0.610. The molecule has 1 unspecified atom stereocenters. The van der Waals surface area contributed by atoms with Crippen LogP contribution in [0.25, 0.3) is 0 Å². The number of hydrogen-bond donors (Lipinski definition) is 1. The molecular formula is C7H15NO2. The van der Waals surface area contributed by atoms with Crippen molar-refractivity contribution in [1.29, 1.82) is 0 Å². The summed E-state index contributed by atoms with van der Waals surface area (Å²) in [5.41, 5.74) is 0. The van der Waals surface area contributed by atoms with Crippen molar-refractivity contribution in [2.75, 3.05) is 19.9 Å². The maximum atomic E-state index is 9.33. The van der Waals surface area contributed by atoms with Gasteiger partial charge in [-0.05, 0) is 12.8 Å². The topological polar surface area (TPSA) is 32.7 Å². The number of ether oxygens (including phenoxy) is 1. The molecule has 0 aliphatic carbocycles. The van der Waals surface area contributed by atoms with Crippen LogP contribution in [-0.4, -0.2) is 36.1 Å². The summed E-state index contributed by atoms with van der Waals surface area (Å²) in [6.45, 7) is 4.37. The Morgan fingerprint density at radius 1 is 1.70 bits per heavy atom. The van der Waals surface area contributed by atoms with E-state index >= 15 is 0 Å². The van der Waals surface area contributed by atoms with Gasteiger partial charge in [-0.15, -0.1) is 0 Å². The van der Waals surface area contributed by atoms with Crippen molar-refractivity contribution in [2.45, 2.75) is 26.0 Å². The Labute approximate surface area is 61.6 Å². The molecule has 3 nitrogen and oxygen atoms in total. The molecule has 1 aliphatic heterocycles. The van der Waals surface area contributed by atoms with Gasteiger partial charge < -0.3 is 9.84 Å². The Morgan fingerprint density at radius 2 is 2.50 bits per heavy atom. The van der Waals surface area contributed by atoms with Crippen molar-refractivity contribution in [1.82, 2.24) is 4.90 Å². The van der Waals surface area contributed by atoms with E-state index in [1.165, 1.54) is 0 Å². The molecule has 1 saturated heterocycles. The van der Waals surface area contributed by atoms with Crippen LogP contribution in [0.15, 0.2) is 0 Å². The SMILES string of the molecule is CCC(O)N1CCCOC1. The summed E-state index contributed by atoms with van der Waals surface area (Å²) in [6.07, 6.45) is 1.51. The van der Waals surface area contributed by atoms with Gasteiger partial charge in [-0.3, -0.25) is 4.90 Å². The number of rotatable bonds is 2. The van der Waals surface area contributed by atoms with Gasteiger partial charge in [0.15, 0.2) is 0 Å². The second-order valence-corrected chi connectivity index (χ2v) is 2.59. The first-order valence-corrected chi connectivity index (χ1v) is 3.84. The molecule has 10 heavy (non-hydrogen) atoms. The van der Waals surface area contributed by atoms with E-state index < -0.39 is 0 Å². The van der Waals surface area contributed by atoms with Crippen LogP contribution in [0.5, 0.6) is 0 Å². The van der Waals surface area contributed by atoms with Crippen molar-refractivity contribution in [3.8, 4) is 0 Å². The van der Waals surface area contributed by atoms with Gasteiger partial charge in [0.05, 0.1) is 0 Å². The molecule has 1 rings (SSSR count). The van der Waals surface area contributed by atoms with Gasteiger partial charge in [0, 0.05) is 13.2 Å². The van der Waals surface area contributed by atoms with Crippen molar-refractivity contribution >= 4 is 0 Å². The maximum Gasteiger partial charge on any atom is 0.108 e. The fourth-order valence-electron chi connectivity index (χ4n) is 1.11. The summed E-state index contributed by atoms with van der Waals surface area (Å²) in [4.78, 5) is 1.95. The van der Waals surface area contributed by atoms with Crippen molar-refractivity contribution in [3.05, 3.63) is 0 Å². The molecule has 0 bridgehead atoms. The molecule has 1 fully saturated rings. The summed E-state index contributed by atoms with van der Waals surface area (Å²) >= 11 is 0. The van der Waals surface area contributed by atoms with Crippen LogP contribution in [0, 0.1) is 0 Å². The van der Waals surface area contributed by atoms with Crippen LogP contribution in [0.1, 0.15) is 19.8 Å². The molecule has 0 aromatic rings. The Kier molecular flexibility index (Phi) is 3.12. The number of aliphatic hydroxyl groups is 1. The first-order chi connectivity index (χ1) is 4.84. The van der Waals surface area contributed by atoms with Crippen LogP contribution >= 0.6 is 0 Å². The highest BCUT2D eigenvalue weighted by Crippen LogP contribution is 2.06. The minimum absolute atomic E-state index is 0.305. The zero-order valence-corrected chi connectivity index (χ0v) is 6.42. The highest BCUT2D eigenvalue weighted by atomic mass is 16.5. The van der Waals surface area contributed by atoms with Gasteiger partial charge in [-0.1, -0.05) is 6.92 Å². The van der Waals surface area contributed by atoms with Crippen LogP contribution in [-0.2, 0) is 4.74 Å². The van der Waals surface area contributed by atoms with Gasteiger partial charge in [-0.2, -0.15) is 0 Å². The normalized spacial score (nSPS) is 24.6. The highest BCUT2D eigenvalue weighted by molar-refractivity contribution is 4.60. The van der Waals surface area contributed by atoms with E-state index in [4.69, 9.17) is 4.74 Å². The number of hydrogen-bond acceptors (Lipinski definition) is 3. The second kappa shape index (κ2) is 3.91. The number of nitrogens with zero attached hydrogens (tertiary/aromatic N) is 1. The van der Waals surface area contributed by atoms with Gasteiger partial charge in [-0.25, -0.2) is 0 Å². The van der Waals surface area contributed by atoms with Crippen molar-refractivity contribution in [2.24, 2.45) is 0 Å². The molecule has 0 radical (unpaired) electrons. The average molecular weight is 145 g/mol. The molecule has 3 heteroatoms. The van der Waals surface area contributed by atoms with Gasteiger partial charge >= 0.3 is 0 Å².